The number of rotatable bonds is 5. The molecule has 7 heteroatoms. The van der Waals surface area contributed by atoms with E-state index in [0.717, 1.165) is 6.07 Å². The first-order chi connectivity index (χ1) is 14.7. The van der Waals surface area contributed by atoms with Gasteiger partial charge in [0.05, 0.1) is 23.8 Å². The number of ether oxygens (including phenoxy) is 1. The van der Waals surface area contributed by atoms with Crippen molar-refractivity contribution < 1.29 is 32.6 Å². The van der Waals surface area contributed by atoms with Crippen molar-refractivity contribution in [2.45, 2.75) is 6.18 Å². The van der Waals surface area contributed by atoms with Crippen LogP contribution in [0.25, 0.3) is 11.6 Å². The van der Waals surface area contributed by atoms with Gasteiger partial charge in [0.2, 0.25) is 0 Å². The average molecular weight is 426 g/mol. The van der Waals surface area contributed by atoms with Crippen molar-refractivity contribution in [3.63, 3.8) is 0 Å². The number of carbonyl (C=O) groups is 2. The molecule has 0 saturated carbocycles. The largest absolute Gasteiger partial charge is 0.478 e. The van der Waals surface area contributed by atoms with Crippen LogP contribution in [0.1, 0.15) is 43.0 Å². The quantitative estimate of drug-likeness (QED) is 0.415. The number of methoxy groups -OCH3 is 1. The second-order valence-electron chi connectivity index (χ2n) is 6.59. The summed E-state index contributed by atoms with van der Waals surface area (Å²) in [6.07, 6.45) is -3.15. The van der Waals surface area contributed by atoms with Gasteiger partial charge in [0.1, 0.15) is 0 Å². The lowest BCUT2D eigenvalue weighted by atomic mass is 9.93. The molecule has 0 amide bonds. The van der Waals surface area contributed by atoms with Gasteiger partial charge in [0.15, 0.2) is 0 Å². The fourth-order valence-corrected chi connectivity index (χ4v) is 3.07. The minimum atomic E-state index is -4.54. The summed E-state index contributed by atoms with van der Waals surface area (Å²) < 4.78 is 45.1. The second kappa shape index (κ2) is 8.87. The molecule has 31 heavy (non-hydrogen) atoms. The molecule has 1 N–H and O–H groups in total. The van der Waals surface area contributed by atoms with E-state index < -0.39 is 23.7 Å². The zero-order valence-electron chi connectivity index (χ0n) is 16.3. The lowest BCUT2D eigenvalue weighted by molar-refractivity contribution is -0.137. The van der Waals surface area contributed by atoms with E-state index in [9.17, 15) is 22.8 Å². The van der Waals surface area contributed by atoms with Gasteiger partial charge in [-0.3, -0.25) is 0 Å². The zero-order valence-corrected chi connectivity index (χ0v) is 16.3. The van der Waals surface area contributed by atoms with E-state index in [1.807, 2.05) is 0 Å². The molecule has 0 fully saturated rings. The molecule has 0 aromatic heterocycles. The van der Waals surface area contributed by atoms with Gasteiger partial charge in [-0.1, -0.05) is 42.5 Å². The number of carbonyl (C=O) groups excluding carboxylic acids is 1. The first kappa shape index (κ1) is 21.8. The predicted molar refractivity (Wildman–Crippen MR) is 110 cm³/mol. The highest BCUT2D eigenvalue weighted by molar-refractivity contribution is 5.95. The summed E-state index contributed by atoms with van der Waals surface area (Å²) in [4.78, 5) is 22.8. The summed E-state index contributed by atoms with van der Waals surface area (Å²) in [6.45, 7) is 0. The Morgan fingerprint density at radius 2 is 1.29 bits per heavy atom. The summed E-state index contributed by atoms with van der Waals surface area (Å²) in [5.41, 5.74) is 1.03. The molecular weight excluding hydrogens is 409 g/mol. The topological polar surface area (TPSA) is 63.6 Å². The zero-order chi connectivity index (χ0) is 22.6. The Bertz CT molecular complexity index is 1130. The predicted octanol–water partition coefficient (Wildman–Crippen LogP) is 5.78. The lowest BCUT2D eigenvalue weighted by Gasteiger charge is -2.14. The molecule has 0 aliphatic carbocycles. The smallest absolute Gasteiger partial charge is 0.416 e. The Labute approximate surface area is 176 Å². The number of esters is 1. The molecule has 158 valence electrons. The SMILES string of the molecule is COC(=O)c1ccc(C(=Cc2ccccc2C(F)(F)F)c2ccc(C(=O)O)cc2)cc1. The molecule has 0 bridgehead atoms. The van der Waals surface area contributed by atoms with Crippen molar-refractivity contribution in [3.05, 3.63) is 106 Å². The van der Waals surface area contributed by atoms with Gasteiger partial charge in [0.25, 0.3) is 0 Å². The highest BCUT2D eigenvalue weighted by Crippen LogP contribution is 2.35. The second-order valence-corrected chi connectivity index (χ2v) is 6.59. The molecule has 0 heterocycles. The van der Waals surface area contributed by atoms with Crippen LogP contribution in [0.5, 0.6) is 0 Å². The average Bonchev–Trinajstić information content (AvgIpc) is 2.77. The Morgan fingerprint density at radius 3 is 1.77 bits per heavy atom. The number of hydrogen-bond donors (Lipinski definition) is 1. The summed E-state index contributed by atoms with van der Waals surface area (Å²) in [5.74, 6) is -1.65. The maximum absolute atomic E-state index is 13.5. The highest BCUT2D eigenvalue weighted by Gasteiger charge is 2.32. The van der Waals surface area contributed by atoms with Crippen LogP contribution in [0.3, 0.4) is 0 Å². The van der Waals surface area contributed by atoms with Crippen molar-refractivity contribution in [1.29, 1.82) is 0 Å². The molecule has 3 rings (SSSR count). The number of carboxylic acids is 1. The van der Waals surface area contributed by atoms with Gasteiger partial charge in [0, 0.05) is 0 Å². The molecule has 0 spiro atoms. The van der Waals surface area contributed by atoms with Crippen molar-refractivity contribution in [2.24, 2.45) is 0 Å². The maximum atomic E-state index is 13.5. The highest BCUT2D eigenvalue weighted by atomic mass is 19.4. The van der Waals surface area contributed by atoms with Crippen LogP contribution >= 0.6 is 0 Å². The molecule has 4 nitrogen and oxygen atoms in total. The summed E-state index contributed by atoms with van der Waals surface area (Å²) in [6, 6.07) is 17.2. The number of alkyl halides is 3. The molecule has 0 unspecified atom stereocenters. The molecule has 0 aliphatic rings. The maximum Gasteiger partial charge on any atom is 0.416 e. The first-order valence-electron chi connectivity index (χ1n) is 9.11. The lowest BCUT2D eigenvalue weighted by Crippen LogP contribution is -2.07. The number of carboxylic acid groups (broad SMARTS) is 1. The third-order valence-corrected chi connectivity index (χ3v) is 4.63. The van der Waals surface area contributed by atoms with E-state index >= 15 is 0 Å². The van der Waals surface area contributed by atoms with Crippen molar-refractivity contribution in [2.75, 3.05) is 7.11 Å². The van der Waals surface area contributed by atoms with Crippen LogP contribution < -0.4 is 0 Å². The monoisotopic (exact) mass is 426 g/mol. The van der Waals surface area contributed by atoms with E-state index in [0.29, 0.717) is 22.3 Å². The van der Waals surface area contributed by atoms with E-state index in [1.165, 1.54) is 67.8 Å². The molecule has 0 atom stereocenters. The minimum absolute atomic E-state index is 0.0376. The first-order valence-corrected chi connectivity index (χ1v) is 9.11. The van der Waals surface area contributed by atoms with Gasteiger partial charge >= 0.3 is 18.1 Å². The Hall–Kier alpha value is -3.87. The van der Waals surface area contributed by atoms with Gasteiger partial charge in [-0.15, -0.1) is 0 Å². The van der Waals surface area contributed by atoms with Gasteiger partial charge in [-0.05, 0) is 58.7 Å². The van der Waals surface area contributed by atoms with Crippen molar-refractivity contribution >= 4 is 23.6 Å². The van der Waals surface area contributed by atoms with Crippen LogP contribution in [-0.2, 0) is 10.9 Å². The Kier molecular flexibility index (Phi) is 6.25. The number of aromatic carboxylic acids is 1. The summed E-state index contributed by atoms with van der Waals surface area (Å²) >= 11 is 0. The van der Waals surface area contributed by atoms with E-state index in [2.05, 4.69) is 4.74 Å². The third kappa shape index (κ3) is 5.01. The van der Waals surface area contributed by atoms with Crippen LogP contribution in [0.15, 0.2) is 72.8 Å². The molecular formula is C24H17F3O4. The molecule has 3 aromatic rings. The number of hydrogen-bond acceptors (Lipinski definition) is 3. The fourth-order valence-electron chi connectivity index (χ4n) is 3.07. The summed E-state index contributed by atoms with van der Waals surface area (Å²) in [7, 11) is 1.25. The minimum Gasteiger partial charge on any atom is -0.478 e. The van der Waals surface area contributed by atoms with E-state index in [4.69, 9.17) is 5.11 Å². The van der Waals surface area contributed by atoms with Crippen molar-refractivity contribution in [3.8, 4) is 0 Å². The van der Waals surface area contributed by atoms with Crippen molar-refractivity contribution in [1.82, 2.24) is 0 Å². The normalized spacial score (nSPS) is 11.8. The Balaban J connectivity index is 2.17. The summed E-state index contributed by atoms with van der Waals surface area (Å²) in [5, 5.41) is 9.11. The molecule has 0 aliphatic heterocycles. The third-order valence-electron chi connectivity index (χ3n) is 4.63. The van der Waals surface area contributed by atoms with Crippen LogP contribution in [-0.4, -0.2) is 24.2 Å². The number of halogens is 3. The molecule has 0 radical (unpaired) electrons. The molecule has 0 saturated heterocycles. The van der Waals surface area contributed by atoms with Crippen LogP contribution in [0, 0.1) is 0 Å². The Morgan fingerprint density at radius 1 is 0.806 bits per heavy atom. The van der Waals surface area contributed by atoms with E-state index in [-0.39, 0.29) is 11.1 Å². The number of benzene rings is 3. The van der Waals surface area contributed by atoms with Crippen LogP contribution in [0.2, 0.25) is 0 Å². The van der Waals surface area contributed by atoms with Crippen LogP contribution in [0.4, 0.5) is 13.2 Å². The van der Waals surface area contributed by atoms with E-state index in [1.54, 1.807) is 12.1 Å². The van der Waals surface area contributed by atoms with Gasteiger partial charge in [-0.25, -0.2) is 9.59 Å². The standard InChI is InChI=1S/C24H17F3O4/c1-31-23(30)18-12-8-16(9-13-18)20(15-6-10-17(11-7-15)22(28)29)14-19-4-2-3-5-21(19)24(25,26)27/h2-14H,1H3,(H,28,29). The molecule has 3 aromatic carbocycles. The fraction of sp³-hybridized carbons (Fsp3) is 0.0833. The van der Waals surface area contributed by atoms with Gasteiger partial charge in [-0.2, -0.15) is 13.2 Å². The van der Waals surface area contributed by atoms with Gasteiger partial charge < -0.3 is 9.84 Å².